The SMILES string of the molecule is CCOc1cc(CN2CCN(C)CC2)cc(C(CC)(Nc2ccc(C(=N)N)cc2)C(=O)O)c1. The standard InChI is InChI=1S/C25H35N5O3/c1-4-25(24(31)32,28-21-8-6-19(7-9-21)23(26)27)20-14-18(15-22(16-20)33-5-2)17-30-12-10-29(3)11-13-30/h6-9,14-16,28H,4-5,10-13,17H2,1-3H3,(H3,26,27)(H,31,32). The first kappa shape index (κ1) is 24.5. The molecule has 1 heterocycles. The molecule has 2 aromatic rings. The summed E-state index contributed by atoms with van der Waals surface area (Å²) in [7, 11) is 2.13. The van der Waals surface area contributed by atoms with Crippen molar-refractivity contribution in [3.8, 4) is 5.75 Å². The number of aliphatic carboxylic acids is 1. The van der Waals surface area contributed by atoms with Crippen molar-refractivity contribution in [3.63, 3.8) is 0 Å². The van der Waals surface area contributed by atoms with E-state index >= 15 is 0 Å². The van der Waals surface area contributed by atoms with Gasteiger partial charge in [0.1, 0.15) is 11.6 Å². The molecule has 0 aliphatic carbocycles. The fourth-order valence-electron chi connectivity index (χ4n) is 4.18. The van der Waals surface area contributed by atoms with E-state index in [0.29, 0.717) is 35.6 Å². The number of carbonyl (C=O) groups is 1. The molecule has 0 aromatic heterocycles. The smallest absolute Gasteiger partial charge is 0.334 e. The molecule has 0 amide bonds. The Labute approximate surface area is 195 Å². The lowest BCUT2D eigenvalue weighted by molar-refractivity contribution is -0.142. The Morgan fingerprint density at radius 3 is 2.36 bits per heavy atom. The molecule has 0 saturated carbocycles. The van der Waals surface area contributed by atoms with Crippen LogP contribution in [0.25, 0.3) is 0 Å². The highest BCUT2D eigenvalue weighted by Gasteiger charge is 2.39. The number of ether oxygens (including phenoxy) is 1. The quantitative estimate of drug-likeness (QED) is 0.323. The van der Waals surface area contributed by atoms with Crippen LogP contribution in [0.15, 0.2) is 42.5 Å². The summed E-state index contributed by atoms with van der Waals surface area (Å²) in [5.74, 6) is -0.314. The van der Waals surface area contributed by atoms with E-state index in [1.165, 1.54) is 0 Å². The number of piperazine rings is 1. The van der Waals surface area contributed by atoms with E-state index in [-0.39, 0.29) is 5.84 Å². The lowest BCUT2D eigenvalue weighted by Gasteiger charge is -2.34. The zero-order chi connectivity index (χ0) is 24.0. The predicted molar refractivity (Wildman–Crippen MR) is 131 cm³/mol. The lowest BCUT2D eigenvalue weighted by atomic mass is 9.85. The molecule has 8 nitrogen and oxygen atoms in total. The maximum Gasteiger partial charge on any atom is 0.334 e. The summed E-state index contributed by atoms with van der Waals surface area (Å²) in [6.45, 7) is 9.02. The van der Waals surface area contributed by atoms with E-state index in [1.54, 1.807) is 24.3 Å². The van der Waals surface area contributed by atoms with Crippen LogP contribution in [0, 0.1) is 5.41 Å². The largest absolute Gasteiger partial charge is 0.494 e. The zero-order valence-corrected chi connectivity index (χ0v) is 19.7. The molecule has 1 atom stereocenters. The van der Waals surface area contributed by atoms with Gasteiger partial charge in [0.2, 0.25) is 0 Å². The molecule has 2 aromatic carbocycles. The first-order chi connectivity index (χ1) is 15.8. The maximum atomic E-state index is 12.7. The number of carboxylic acids is 1. The first-order valence-electron chi connectivity index (χ1n) is 11.4. The molecule has 1 unspecified atom stereocenters. The number of benzene rings is 2. The second-order valence-electron chi connectivity index (χ2n) is 8.56. The number of nitrogens with two attached hydrogens (primary N) is 1. The maximum absolute atomic E-state index is 12.7. The number of nitrogen functional groups attached to an aromatic ring is 1. The Bertz CT molecular complexity index is 971. The van der Waals surface area contributed by atoms with Gasteiger partial charge in [-0.25, -0.2) is 4.79 Å². The van der Waals surface area contributed by atoms with Crippen molar-refractivity contribution in [2.45, 2.75) is 32.4 Å². The highest BCUT2D eigenvalue weighted by atomic mass is 16.5. The van der Waals surface area contributed by atoms with Crippen molar-refractivity contribution in [1.29, 1.82) is 5.41 Å². The molecular weight excluding hydrogens is 418 g/mol. The van der Waals surface area contributed by atoms with Crippen LogP contribution >= 0.6 is 0 Å². The van der Waals surface area contributed by atoms with Crippen molar-refractivity contribution < 1.29 is 14.6 Å². The third-order valence-electron chi connectivity index (χ3n) is 6.22. The Hall–Kier alpha value is -3.10. The van der Waals surface area contributed by atoms with Crippen LogP contribution < -0.4 is 15.8 Å². The molecule has 0 bridgehead atoms. The number of hydrogen-bond donors (Lipinski definition) is 4. The van der Waals surface area contributed by atoms with Crippen LogP contribution in [0.1, 0.15) is 37.0 Å². The summed E-state index contributed by atoms with van der Waals surface area (Å²) >= 11 is 0. The van der Waals surface area contributed by atoms with E-state index in [4.69, 9.17) is 15.9 Å². The second kappa shape index (κ2) is 10.7. The average molecular weight is 454 g/mol. The lowest BCUT2D eigenvalue weighted by Crippen LogP contribution is -2.44. The van der Waals surface area contributed by atoms with E-state index in [0.717, 1.165) is 38.3 Å². The molecular formula is C25H35N5O3. The van der Waals surface area contributed by atoms with Crippen molar-refractivity contribution >= 4 is 17.5 Å². The van der Waals surface area contributed by atoms with Gasteiger partial charge >= 0.3 is 5.97 Å². The van der Waals surface area contributed by atoms with Gasteiger partial charge in [0.25, 0.3) is 0 Å². The summed E-state index contributed by atoms with van der Waals surface area (Å²) in [6, 6.07) is 12.7. The van der Waals surface area contributed by atoms with E-state index in [1.807, 2.05) is 32.0 Å². The normalized spacial score (nSPS) is 16.7. The van der Waals surface area contributed by atoms with Gasteiger partial charge in [0.15, 0.2) is 5.54 Å². The average Bonchev–Trinajstić information content (AvgIpc) is 2.79. The number of carboxylic acid groups (broad SMARTS) is 1. The number of hydrogen-bond acceptors (Lipinski definition) is 6. The van der Waals surface area contributed by atoms with Crippen LogP contribution in [-0.2, 0) is 16.9 Å². The fraction of sp³-hybridized carbons (Fsp3) is 0.440. The number of anilines is 1. The fourth-order valence-corrected chi connectivity index (χ4v) is 4.18. The molecule has 0 spiro atoms. The summed E-state index contributed by atoms with van der Waals surface area (Å²) in [6.07, 6.45) is 0.334. The van der Waals surface area contributed by atoms with Gasteiger partial charge < -0.3 is 25.8 Å². The van der Waals surface area contributed by atoms with E-state index < -0.39 is 11.5 Å². The van der Waals surface area contributed by atoms with Crippen molar-refractivity contribution in [3.05, 3.63) is 59.2 Å². The van der Waals surface area contributed by atoms with Gasteiger partial charge in [-0.15, -0.1) is 0 Å². The number of rotatable bonds is 10. The third kappa shape index (κ3) is 5.83. The molecule has 8 heteroatoms. The molecule has 1 aliphatic rings. The van der Waals surface area contributed by atoms with Crippen LogP contribution in [-0.4, -0.2) is 66.5 Å². The van der Waals surface area contributed by atoms with E-state index in [2.05, 4.69) is 22.2 Å². The summed E-state index contributed by atoms with van der Waals surface area (Å²) in [5.41, 5.74) is 7.14. The van der Waals surface area contributed by atoms with Gasteiger partial charge in [-0.3, -0.25) is 10.3 Å². The minimum absolute atomic E-state index is 0.0282. The first-order valence-corrected chi connectivity index (χ1v) is 11.4. The molecule has 5 N–H and O–H groups in total. The molecule has 1 fully saturated rings. The second-order valence-corrected chi connectivity index (χ2v) is 8.56. The Morgan fingerprint density at radius 2 is 1.82 bits per heavy atom. The van der Waals surface area contributed by atoms with Crippen molar-refractivity contribution in [2.24, 2.45) is 5.73 Å². The number of nitrogens with one attached hydrogen (secondary N) is 2. The van der Waals surface area contributed by atoms with Crippen LogP contribution in [0.2, 0.25) is 0 Å². The summed E-state index contributed by atoms with van der Waals surface area (Å²) < 4.78 is 5.82. The van der Waals surface area contributed by atoms with Crippen molar-refractivity contribution in [1.82, 2.24) is 9.80 Å². The van der Waals surface area contributed by atoms with Gasteiger partial charge in [0, 0.05) is 44.0 Å². The number of likely N-dealkylation sites (N-methyl/N-ethyl adjacent to an activating group) is 1. The van der Waals surface area contributed by atoms with Crippen LogP contribution in [0.5, 0.6) is 5.75 Å². The molecule has 3 rings (SSSR count). The van der Waals surface area contributed by atoms with Gasteiger partial charge in [-0.05, 0) is 67.9 Å². The molecule has 1 aliphatic heterocycles. The predicted octanol–water partition coefficient (Wildman–Crippen LogP) is 2.92. The highest BCUT2D eigenvalue weighted by molar-refractivity contribution is 5.95. The molecule has 178 valence electrons. The Kier molecular flexibility index (Phi) is 7.94. The summed E-state index contributed by atoms with van der Waals surface area (Å²) in [4.78, 5) is 17.4. The molecule has 0 radical (unpaired) electrons. The zero-order valence-electron chi connectivity index (χ0n) is 19.7. The Morgan fingerprint density at radius 1 is 1.15 bits per heavy atom. The van der Waals surface area contributed by atoms with Gasteiger partial charge in [0.05, 0.1) is 6.61 Å². The number of amidine groups is 1. The number of nitrogens with zero attached hydrogens (tertiary/aromatic N) is 2. The topological polar surface area (TPSA) is 115 Å². The monoisotopic (exact) mass is 453 g/mol. The van der Waals surface area contributed by atoms with Crippen LogP contribution in [0.3, 0.4) is 0 Å². The Balaban J connectivity index is 1.97. The minimum atomic E-state index is -1.33. The highest BCUT2D eigenvalue weighted by Crippen LogP contribution is 2.34. The summed E-state index contributed by atoms with van der Waals surface area (Å²) in [5, 5.41) is 21.2. The van der Waals surface area contributed by atoms with Gasteiger partial charge in [-0.2, -0.15) is 0 Å². The minimum Gasteiger partial charge on any atom is -0.494 e. The third-order valence-corrected chi connectivity index (χ3v) is 6.22. The van der Waals surface area contributed by atoms with Crippen LogP contribution in [0.4, 0.5) is 5.69 Å². The van der Waals surface area contributed by atoms with Gasteiger partial charge in [-0.1, -0.05) is 13.0 Å². The molecule has 33 heavy (non-hydrogen) atoms. The molecule has 1 saturated heterocycles. The van der Waals surface area contributed by atoms with Crippen molar-refractivity contribution in [2.75, 3.05) is 45.2 Å². The van der Waals surface area contributed by atoms with E-state index in [9.17, 15) is 9.90 Å².